The first-order valence-electron chi connectivity index (χ1n) is 5.90. The van der Waals surface area contributed by atoms with Crippen molar-refractivity contribution in [2.45, 2.75) is 19.8 Å². The van der Waals surface area contributed by atoms with Crippen LogP contribution in [0.3, 0.4) is 0 Å². The largest absolute Gasteiger partial charge is 0.349 e. The molecule has 2 nitrogen and oxygen atoms in total. The molecule has 2 rings (SSSR count). The zero-order valence-electron chi connectivity index (χ0n) is 9.65. The normalized spacial score (nSPS) is 19.8. The van der Waals surface area contributed by atoms with E-state index in [0.717, 1.165) is 29.8 Å². The van der Waals surface area contributed by atoms with E-state index < -0.39 is 0 Å². The van der Waals surface area contributed by atoms with Crippen LogP contribution in [0, 0.1) is 5.92 Å². The molecule has 1 N–H and O–H groups in total. The summed E-state index contributed by atoms with van der Waals surface area (Å²) in [4.78, 5) is 2.27. The van der Waals surface area contributed by atoms with Crippen LogP contribution >= 0.6 is 12.2 Å². The number of likely N-dealkylation sites (tertiary alicyclic amines) is 1. The van der Waals surface area contributed by atoms with Crippen LogP contribution in [0.15, 0.2) is 30.3 Å². The summed E-state index contributed by atoms with van der Waals surface area (Å²) in [5.74, 6) is 0.815. The molecule has 86 valence electrons. The van der Waals surface area contributed by atoms with Crippen molar-refractivity contribution in [3.63, 3.8) is 0 Å². The lowest BCUT2D eigenvalue weighted by Crippen LogP contribution is -2.32. The van der Waals surface area contributed by atoms with E-state index in [0.29, 0.717) is 0 Å². The van der Waals surface area contributed by atoms with Crippen LogP contribution in [0.2, 0.25) is 0 Å². The maximum Gasteiger partial charge on any atom is 0.173 e. The fraction of sp³-hybridized carbons (Fsp3) is 0.462. The molecule has 3 heteroatoms. The Labute approximate surface area is 103 Å². The number of thiocarbonyl (C=S) groups is 1. The second kappa shape index (κ2) is 5.30. The number of hydrogen-bond acceptors (Lipinski definition) is 1. The summed E-state index contributed by atoms with van der Waals surface area (Å²) in [5, 5.41) is 4.15. The third kappa shape index (κ3) is 2.73. The van der Waals surface area contributed by atoms with Gasteiger partial charge in [-0.15, -0.1) is 0 Å². The van der Waals surface area contributed by atoms with E-state index >= 15 is 0 Å². The predicted molar refractivity (Wildman–Crippen MR) is 72.6 cm³/mol. The third-order valence-electron chi connectivity index (χ3n) is 3.18. The van der Waals surface area contributed by atoms with Crippen molar-refractivity contribution in [2.75, 3.05) is 18.4 Å². The molecule has 16 heavy (non-hydrogen) atoms. The Kier molecular flexibility index (Phi) is 3.78. The van der Waals surface area contributed by atoms with E-state index in [4.69, 9.17) is 12.2 Å². The van der Waals surface area contributed by atoms with Gasteiger partial charge in [-0.3, -0.25) is 0 Å². The average Bonchev–Trinajstić information content (AvgIpc) is 2.79. The Morgan fingerprint density at radius 1 is 1.44 bits per heavy atom. The van der Waals surface area contributed by atoms with Gasteiger partial charge in [0.15, 0.2) is 5.11 Å². The van der Waals surface area contributed by atoms with Crippen LogP contribution in [0.4, 0.5) is 5.69 Å². The molecule has 0 aromatic heterocycles. The molecule has 1 atom stereocenters. The number of hydrogen-bond donors (Lipinski definition) is 1. The van der Waals surface area contributed by atoms with Crippen LogP contribution in [-0.4, -0.2) is 23.1 Å². The summed E-state index contributed by atoms with van der Waals surface area (Å²) in [6.45, 7) is 4.45. The molecule has 0 radical (unpaired) electrons. The highest BCUT2D eigenvalue weighted by molar-refractivity contribution is 7.80. The molecule has 1 fully saturated rings. The number of benzene rings is 1. The fourth-order valence-electron chi connectivity index (χ4n) is 2.07. The Balaban J connectivity index is 1.90. The van der Waals surface area contributed by atoms with Gasteiger partial charge in [0.1, 0.15) is 0 Å². The van der Waals surface area contributed by atoms with Crippen LogP contribution in [-0.2, 0) is 0 Å². The first-order chi connectivity index (χ1) is 7.79. The molecule has 1 heterocycles. The molecule has 0 aliphatic carbocycles. The van der Waals surface area contributed by atoms with E-state index in [2.05, 4.69) is 17.1 Å². The number of nitrogens with one attached hydrogen (secondary N) is 1. The zero-order chi connectivity index (χ0) is 11.4. The summed E-state index contributed by atoms with van der Waals surface area (Å²) >= 11 is 5.41. The highest BCUT2D eigenvalue weighted by Gasteiger charge is 2.22. The minimum Gasteiger partial charge on any atom is -0.349 e. The van der Waals surface area contributed by atoms with Gasteiger partial charge in [-0.25, -0.2) is 0 Å². The van der Waals surface area contributed by atoms with Gasteiger partial charge in [-0.1, -0.05) is 31.5 Å². The smallest absolute Gasteiger partial charge is 0.173 e. The molecule has 0 spiro atoms. The lowest BCUT2D eigenvalue weighted by atomic mass is 10.1. The monoisotopic (exact) mass is 234 g/mol. The molecule has 1 aromatic rings. The summed E-state index contributed by atoms with van der Waals surface area (Å²) < 4.78 is 0. The molecule has 0 saturated carbocycles. The van der Waals surface area contributed by atoms with Gasteiger partial charge >= 0.3 is 0 Å². The molecule has 1 unspecified atom stereocenters. The van der Waals surface area contributed by atoms with E-state index in [9.17, 15) is 0 Å². The van der Waals surface area contributed by atoms with E-state index in [1.165, 1.54) is 12.8 Å². The minimum atomic E-state index is 0.815. The Hall–Kier alpha value is -1.09. The van der Waals surface area contributed by atoms with Crippen LogP contribution in [0.1, 0.15) is 19.8 Å². The molecule has 1 aromatic carbocycles. The predicted octanol–water partition coefficient (Wildman–Crippen LogP) is 3.12. The second-order valence-electron chi connectivity index (χ2n) is 4.31. The Morgan fingerprint density at radius 2 is 2.19 bits per heavy atom. The molecule has 0 bridgehead atoms. The van der Waals surface area contributed by atoms with Crippen molar-refractivity contribution in [3.8, 4) is 0 Å². The number of rotatable bonds is 2. The van der Waals surface area contributed by atoms with Crippen molar-refractivity contribution in [1.82, 2.24) is 4.90 Å². The van der Waals surface area contributed by atoms with Crippen molar-refractivity contribution in [1.29, 1.82) is 0 Å². The second-order valence-corrected chi connectivity index (χ2v) is 4.69. The summed E-state index contributed by atoms with van der Waals surface area (Å²) in [5.41, 5.74) is 1.08. The summed E-state index contributed by atoms with van der Waals surface area (Å²) in [6.07, 6.45) is 2.53. The fourth-order valence-corrected chi connectivity index (χ4v) is 2.36. The highest BCUT2D eigenvalue weighted by atomic mass is 32.1. The van der Waals surface area contributed by atoms with Gasteiger partial charge in [0.05, 0.1) is 0 Å². The number of nitrogens with zero attached hydrogens (tertiary/aromatic N) is 1. The molecular formula is C13H18N2S. The summed E-state index contributed by atoms with van der Waals surface area (Å²) in [6, 6.07) is 10.1. The van der Waals surface area contributed by atoms with E-state index in [1.54, 1.807) is 0 Å². The van der Waals surface area contributed by atoms with Gasteiger partial charge in [-0.05, 0) is 36.7 Å². The minimum absolute atomic E-state index is 0.815. The number of para-hydroxylation sites is 1. The van der Waals surface area contributed by atoms with Gasteiger partial charge in [-0.2, -0.15) is 0 Å². The Morgan fingerprint density at radius 3 is 2.81 bits per heavy atom. The van der Waals surface area contributed by atoms with E-state index in [1.807, 2.05) is 30.3 Å². The van der Waals surface area contributed by atoms with E-state index in [-0.39, 0.29) is 0 Å². The lowest BCUT2D eigenvalue weighted by Gasteiger charge is -2.20. The third-order valence-corrected chi connectivity index (χ3v) is 3.54. The molecular weight excluding hydrogens is 216 g/mol. The molecule has 1 saturated heterocycles. The topological polar surface area (TPSA) is 15.3 Å². The first-order valence-corrected chi connectivity index (χ1v) is 6.31. The number of anilines is 1. The van der Waals surface area contributed by atoms with Crippen LogP contribution in [0.5, 0.6) is 0 Å². The van der Waals surface area contributed by atoms with Gasteiger partial charge in [0, 0.05) is 18.8 Å². The van der Waals surface area contributed by atoms with Gasteiger partial charge in [0.25, 0.3) is 0 Å². The van der Waals surface area contributed by atoms with Crippen LogP contribution < -0.4 is 5.32 Å². The highest BCUT2D eigenvalue weighted by Crippen LogP contribution is 2.20. The van der Waals surface area contributed by atoms with Crippen molar-refractivity contribution < 1.29 is 0 Å². The van der Waals surface area contributed by atoms with Gasteiger partial charge in [0.2, 0.25) is 0 Å². The average molecular weight is 234 g/mol. The quantitative estimate of drug-likeness (QED) is 0.792. The van der Waals surface area contributed by atoms with Crippen LogP contribution in [0.25, 0.3) is 0 Å². The molecule has 1 aliphatic rings. The molecule has 0 amide bonds. The maximum absolute atomic E-state index is 5.41. The first kappa shape index (κ1) is 11.4. The Bertz CT molecular complexity index is 350. The van der Waals surface area contributed by atoms with Crippen molar-refractivity contribution in [2.24, 2.45) is 5.92 Å². The molecule has 1 aliphatic heterocycles. The van der Waals surface area contributed by atoms with Crippen molar-refractivity contribution >= 4 is 23.0 Å². The maximum atomic E-state index is 5.41. The standard InChI is InChI=1S/C13H18N2S/c1-2-11-8-9-15(10-11)13(16)14-12-6-4-3-5-7-12/h3-7,11H,2,8-10H2,1H3,(H,14,16). The van der Waals surface area contributed by atoms with Crippen molar-refractivity contribution in [3.05, 3.63) is 30.3 Å². The lowest BCUT2D eigenvalue weighted by molar-refractivity contribution is 0.478. The summed E-state index contributed by atoms with van der Waals surface area (Å²) in [7, 11) is 0. The van der Waals surface area contributed by atoms with Gasteiger partial charge < -0.3 is 10.2 Å². The zero-order valence-corrected chi connectivity index (χ0v) is 10.5. The SMILES string of the molecule is CCC1CCN(C(=S)Nc2ccccc2)C1.